The van der Waals surface area contributed by atoms with Crippen molar-refractivity contribution in [3.8, 4) is 0 Å². The third-order valence-corrected chi connectivity index (χ3v) is 3.78. The minimum absolute atomic E-state index is 0.0230. The Morgan fingerprint density at radius 3 is 2.73 bits per heavy atom. The average Bonchev–Trinajstić information content (AvgIpc) is 2.84. The summed E-state index contributed by atoms with van der Waals surface area (Å²) >= 11 is 0. The molecule has 0 amide bonds. The first kappa shape index (κ1) is 14.7. The third kappa shape index (κ3) is 2.99. The second-order valence-electron chi connectivity index (χ2n) is 5.55. The Balaban J connectivity index is 1.81. The predicted molar refractivity (Wildman–Crippen MR) is 82.3 cm³/mol. The summed E-state index contributed by atoms with van der Waals surface area (Å²) in [6.07, 6.45) is 0.385. The second kappa shape index (κ2) is 5.85. The largest absolute Gasteiger partial charge is 0.296 e. The third-order valence-electron chi connectivity index (χ3n) is 3.78. The summed E-state index contributed by atoms with van der Waals surface area (Å²) in [5.74, 6) is 4.97. The zero-order valence-corrected chi connectivity index (χ0v) is 12.3. The van der Waals surface area contributed by atoms with Crippen LogP contribution in [-0.2, 0) is 6.42 Å². The van der Waals surface area contributed by atoms with Crippen molar-refractivity contribution in [1.29, 1.82) is 0 Å². The Morgan fingerprint density at radius 2 is 2.00 bits per heavy atom. The number of benzene rings is 2. The number of hydrogen-bond donors (Lipinski definition) is 1. The van der Waals surface area contributed by atoms with Crippen LogP contribution in [0.15, 0.2) is 47.5 Å². The van der Waals surface area contributed by atoms with E-state index in [1.54, 1.807) is 11.1 Å². The van der Waals surface area contributed by atoms with E-state index in [0.717, 1.165) is 11.6 Å². The van der Waals surface area contributed by atoms with E-state index in [2.05, 4.69) is 11.1 Å². The number of halogens is 2. The molecule has 2 aromatic carbocycles. The van der Waals surface area contributed by atoms with Gasteiger partial charge < -0.3 is 0 Å². The van der Waals surface area contributed by atoms with Crippen LogP contribution in [0.25, 0.3) is 0 Å². The lowest BCUT2D eigenvalue weighted by atomic mass is 10.1. The zero-order chi connectivity index (χ0) is 15.7. The van der Waals surface area contributed by atoms with Crippen LogP contribution < -0.4 is 5.84 Å². The van der Waals surface area contributed by atoms with Crippen LogP contribution in [0.4, 0.5) is 8.78 Å². The molecule has 1 atom stereocenters. The molecule has 0 spiro atoms. The monoisotopic (exact) mass is 301 g/mol. The van der Waals surface area contributed by atoms with Crippen LogP contribution in [-0.4, -0.2) is 17.4 Å². The smallest absolute Gasteiger partial charge is 0.159 e. The number of hydrazine groups is 1. The van der Waals surface area contributed by atoms with Gasteiger partial charge in [-0.25, -0.2) is 14.6 Å². The summed E-state index contributed by atoms with van der Waals surface area (Å²) in [6, 6.07) is 12.0. The summed E-state index contributed by atoms with van der Waals surface area (Å²) in [6.45, 7) is 2.62. The van der Waals surface area contributed by atoms with Gasteiger partial charge in [-0.3, -0.25) is 10.0 Å². The fourth-order valence-electron chi connectivity index (χ4n) is 2.62. The van der Waals surface area contributed by atoms with E-state index in [4.69, 9.17) is 5.84 Å². The Labute approximate surface area is 128 Å². The van der Waals surface area contributed by atoms with Gasteiger partial charge in [0.1, 0.15) is 5.84 Å². The van der Waals surface area contributed by atoms with E-state index in [1.165, 1.54) is 11.6 Å². The van der Waals surface area contributed by atoms with E-state index in [-0.39, 0.29) is 6.04 Å². The minimum Gasteiger partial charge on any atom is -0.296 e. The molecule has 0 bridgehead atoms. The van der Waals surface area contributed by atoms with Crippen molar-refractivity contribution in [3.05, 3.63) is 70.8 Å². The normalized spacial score (nSPS) is 17.7. The molecule has 0 aliphatic carbocycles. The quantitative estimate of drug-likeness (QED) is 0.885. The number of nitrogens with zero attached hydrogens (tertiary/aromatic N) is 2. The first-order chi connectivity index (χ1) is 10.5. The zero-order valence-electron chi connectivity index (χ0n) is 12.3. The highest BCUT2D eigenvalue weighted by molar-refractivity contribution is 5.85. The van der Waals surface area contributed by atoms with E-state index < -0.39 is 11.6 Å². The summed E-state index contributed by atoms with van der Waals surface area (Å²) in [5, 5.41) is 1.58. The van der Waals surface area contributed by atoms with Gasteiger partial charge in [0.15, 0.2) is 11.6 Å². The maximum Gasteiger partial charge on any atom is 0.159 e. The van der Waals surface area contributed by atoms with Crippen molar-refractivity contribution in [2.45, 2.75) is 19.4 Å². The molecule has 3 nitrogen and oxygen atoms in total. The summed E-state index contributed by atoms with van der Waals surface area (Å²) in [4.78, 5) is 4.63. The van der Waals surface area contributed by atoms with Crippen LogP contribution in [0.5, 0.6) is 0 Å². The van der Waals surface area contributed by atoms with Gasteiger partial charge >= 0.3 is 0 Å². The molecule has 0 aromatic heterocycles. The SMILES string of the molecule is Cc1cccc(C2CN(N)C(Cc3ccc(F)c(F)c3)=N2)c1. The first-order valence-corrected chi connectivity index (χ1v) is 7.12. The van der Waals surface area contributed by atoms with E-state index in [1.807, 2.05) is 25.1 Å². The summed E-state index contributed by atoms with van der Waals surface area (Å²) in [5.41, 5.74) is 2.93. The molecular weight excluding hydrogens is 284 g/mol. The van der Waals surface area contributed by atoms with Crippen molar-refractivity contribution >= 4 is 5.84 Å². The van der Waals surface area contributed by atoms with E-state index >= 15 is 0 Å². The number of amidine groups is 1. The molecule has 0 saturated heterocycles. The molecule has 22 heavy (non-hydrogen) atoms. The summed E-state index contributed by atoms with van der Waals surface area (Å²) in [7, 11) is 0. The molecule has 1 unspecified atom stereocenters. The molecule has 1 aliphatic rings. The minimum atomic E-state index is -0.852. The van der Waals surface area contributed by atoms with Gasteiger partial charge in [0.05, 0.1) is 12.6 Å². The molecule has 2 aromatic rings. The van der Waals surface area contributed by atoms with Crippen LogP contribution in [0.1, 0.15) is 22.7 Å². The lowest BCUT2D eigenvalue weighted by Crippen LogP contribution is -2.35. The predicted octanol–water partition coefficient (Wildman–Crippen LogP) is 3.14. The van der Waals surface area contributed by atoms with Crippen LogP contribution in [0, 0.1) is 18.6 Å². The Kier molecular flexibility index (Phi) is 3.90. The molecule has 1 heterocycles. The van der Waals surface area contributed by atoms with Gasteiger partial charge in [0.25, 0.3) is 0 Å². The highest BCUT2D eigenvalue weighted by Crippen LogP contribution is 2.25. The van der Waals surface area contributed by atoms with Gasteiger partial charge in [-0.2, -0.15) is 0 Å². The lowest BCUT2D eigenvalue weighted by molar-refractivity contribution is 0.442. The highest BCUT2D eigenvalue weighted by atomic mass is 19.2. The Bertz CT molecular complexity index is 728. The van der Waals surface area contributed by atoms with Crippen molar-refractivity contribution < 1.29 is 8.78 Å². The number of aryl methyl sites for hydroxylation is 1. The molecule has 0 saturated carbocycles. The van der Waals surface area contributed by atoms with Crippen LogP contribution >= 0.6 is 0 Å². The molecular formula is C17H17F2N3. The summed E-state index contributed by atoms with van der Waals surface area (Å²) < 4.78 is 26.2. The number of rotatable bonds is 3. The number of aliphatic imine (C=N–C) groups is 1. The molecule has 2 N–H and O–H groups in total. The fraction of sp³-hybridized carbons (Fsp3) is 0.235. The van der Waals surface area contributed by atoms with Gasteiger partial charge in [-0.15, -0.1) is 0 Å². The highest BCUT2D eigenvalue weighted by Gasteiger charge is 2.24. The lowest BCUT2D eigenvalue weighted by Gasteiger charge is -2.14. The molecule has 0 fully saturated rings. The van der Waals surface area contributed by atoms with Crippen molar-refractivity contribution in [2.24, 2.45) is 10.8 Å². The van der Waals surface area contributed by atoms with Gasteiger partial charge in [-0.1, -0.05) is 35.9 Å². The second-order valence-corrected chi connectivity index (χ2v) is 5.55. The van der Waals surface area contributed by atoms with Crippen LogP contribution in [0.2, 0.25) is 0 Å². The molecule has 3 rings (SSSR count). The number of nitrogens with two attached hydrogens (primary N) is 1. The van der Waals surface area contributed by atoms with E-state index in [0.29, 0.717) is 24.4 Å². The Hall–Kier alpha value is -2.27. The van der Waals surface area contributed by atoms with Gasteiger partial charge in [-0.05, 0) is 30.2 Å². The van der Waals surface area contributed by atoms with Crippen molar-refractivity contribution in [2.75, 3.05) is 6.54 Å². The molecule has 1 aliphatic heterocycles. The maximum absolute atomic E-state index is 13.3. The van der Waals surface area contributed by atoms with Gasteiger partial charge in [0, 0.05) is 6.42 Å². The first-order valence-electron chi connectivity index (χ1n) is 7.12. The maximum atomic E-state index is 13.3. The standard InChI is InChI=1S/C17H17F2N3/c1-11-3-2-4-13(7-11)16-10-22(20)17(21-16)9-12-5-6-14(18)15(19)8-12/h2-8,16H,9-10,20H2,1H3. The molecule has 5 heteroatoms. The van der Waals surface area contributed by atoms with Crippen molar-refractivity contribution in [1.82, 2.24) is 5.01 Å². The van der Waals surface area contributed by atoms with Gasteiger partial charge in [0.2, 0.25) is 0 Å². The molecule has 0 radical (unpaired) electrons. The van der Waals surface area contributed by atoms with E-state index in [9.17, 15) is 8.78 Å². The topological polar surface area (TPSA) is 41.6 Å². The molecule has 114 valence electrons. The fourth-order valence-corrected chi connectivity index (χ4v) is 2.62. The van der Waals surface area contributed by atoms with Crippen LogP contribution in [0.3, 0.4) is 0 Å². The average molecular weight is 301 g/mol. The Morgan fingerprint density at radius 1 is 1.18 bits per heavy atom. The number of hydrogen-bond acceptors (Lipinski definition) is 3. The van der Waals surface area contributed by atoms with Crippen molar-refractivity contribution in [3.63, 3.8) is 0 Å².